The molecule has 4 aromatic carbocycles. The van der Waals surface area contributed by atoms with E-state index in [9.17, 15) is 4.79 Å². The molecule has 0 unspecified atom stereocenters. The number of amides is 1. The highest BCUT2D eigenvalue weighted by molar-refractivity contribution is 9.10. The van der Waals surface area contributed by atoms with Gasteiger partial charge in [0.1, 0.15) is 11.5 Å². The fourth-order valence-electron chi connectivity index (χ4n) is 5.03. The first-order chi connectivity index (χ1) is 20.5. The normalized spacial score (nSPS) is 17.7. The fourth-order valence-corrected chi connectivity index (χ4v) is 5.52. The van der Waals surface area contributed by atoms with Gasteiger partial charge < -0.3 is 24.6 Å². The Morgan fingerprint density at radius 2 is 1.69 bits per heavy atom. The second-order valence-electron chi connectivity index (χ2n) is 9.97. The van der Waals surface area contributed by atoms with Gasteiger partial charge in [0.15, 0.2) is 11.6 Å². The maximum Gasteiger partial charge on any atom is 0.252 e. The van der Waals surface area contributed by atoms with Gasteiger partial charge in [-0.1, -0.05) is 82.7 Å². The van der Waals surface area contributed by atoms with Gasteiger partial charge in [0.25, 0.3) is 5.91 Å². The van der Waals surface area contributed by atoms with Crippen LogP contribution in [0.25, 0.3) is 0 Å². The third kappa shape index (κ3) is 6.50. The summed E-state index contributed by atoms with van der Waals surface area (Å²) in [6, 6.07) is 32.7. The summed E-state index contributed by atoms with van der Waals surface area (Å²) in [6.45, 7) is 0.762. The molecule has 0 fully saturated rings. The standard InChI is InChI=1S/C34H33BrN2O5/c1-40-30-15-8-5-12-26(30)23-36-33(39)34(22-24-10-3-2-4-11-24)31(28-13-6-7-14-29(28)35)42-32(37-34)25-16-18-27(19-17-25)41-21-9-20-38/h2-8,10-19,31,38H,9,20-23H2,1H3,(H,36,39)/t31-,34-/m1/s1. The van der Waals surface area contributed by atoms with Crippen LogP contribution in [0.5, 0.6) is 11.5 Å². The van der Waals surface area contributed by atoms with E-state index in [1.807, 2.05) is 103 Å². The molecular weight excluding hydrogens is 596 g/mol. The second kappa shape index (κ2) is 13.7. The molecule has 216 valence electrons. The lowest BCUT2D eigenvalue weighted by molar-refractivity contribution is -0.129. The average molecular weight is 630 g/mol. The largest absolute Gasteiger partial charge is 0.496 e. The number of hydrogen-bond acceptors (Lipinski definition) is 6. The number of nitrogens with zero attached hydrogens (tertiary/aromatic N) is 1. The highest BCUT2D eigenvalue weighted by Crippen LogP contribution is 2.44. The zero-order valence-corrected chi connectivity index (χ0v) is 24.9. The van der Waals surface area contributed by atoms with Gasteiger partial charge in [-0.15, -0.1) is 0 Å². The lowest BCUT2D eigenvalue weighted by Crippen LogP contribution is -2.49. The van der Waals surface area contributed by atoms with Crippen LogP contribution in [-0.2, 0) is 22.5 Å². The van der Waals surface area contributed by atoms with E-state index in [0.29, 0.717) is 36.8 Å². The summed E-state index contributed by atoms with van der Waals surface area (Å²) in [5, 5.41) is 12.2. The molecule has 0 radical (unpaired) electrons. The predicted molar refractivity (Wildman–Crippen MR) is 166 cm³/mol. The van der Waals surface area contributed by atoms with Crippen molar-refractivity contribution in [1.29, 1.82) is 0 Å². The van der Waals surface area contributed by atoms with Gasteiger partial charge >= 0.3 is 0 Å². The summed E-state index contributed by atoms with van der Waals surface area (Å²) in [5.74, 6) is 1.50. The predicted octanol–water partition coefficient (Wildman–Crippen LogP) is 6.03. The van der Waals surface area contributed by atoms with E-state index in [0.717, 1.165) is 26.7 Å². The molecule has 1 aliphatic heterocycles. The van der Waals surface area contributed by atoms with Crippen molar-refractivity contribution in [3.05, 3.63) is 130 Å². The molecule has 1 aliphatic rings. The molecule has 1 amide bonds. The maximum absolute atomic E-state index is 14.4. The molecule has 0 saturated heterocycles. The van der Waals surface area contributed by atoms with Crippen molar-refractivity contribution in [3.8, 4) is 11.5 Å². The van der Waals surface area contributed by atoms with Gasteiger partial charge in [-0.25, -0.2) is 4.99 Å². The molecule has 8 heteroatoms. The summed E-state index contributed by atoms with van der Waals surface area (Å²) in [4.78, 5) is 19.5. The number of aliphatic hydroxyl groups excluding tert-OH is 1. The number of aliphatic hydroxyl groups is 1. The molecule has 0 spiro atoms. The number of methoxy groups -OCH3 is 1. The Hall–Kier alpha value is -4.14. The zero-order chi connectivity index (χ0) is 29.4. The van der Waals surface area contributed by atoms with Gasteiger partial charge in [0, 0.05) is 47.2 Å². The third-order valence-electron chi connectivity index (χ3n) is 7.17. The SMILES string of the molecule is COc1ccccc1CNC(=O)[C@]1(Cc2ccccc2)N=C(c2ccc(OCCCO)cc2)O[C@@H]1c1ccccc1Br. The number of ether oxygens (including phenoxy) is 3. The summed E-state index contributed by atoms with van der Waals surface area (Å²) in [5.41, 5.74) is 2.07. The van der Waals surface area contributed by atoms with E-state index < -0.39 is 11.6 Å². The van der Waals surface area contributed by atoms with Gasteiger partial charge in [-0.3, -0.25) is 4.79 Å². The van der Waals surface area contributed by atoms with E-state index in [4.69, 9.17) is 24.3 Å². The Morgan fingerprint density at radius 1 is 0.976 bits per heavy atom. The molecule has 2 N–H and O–H groups in total. The number of nitrogens with one attached hydrogen (secondary N) is 1. The van der Waals surface area contributed by atoms with Gasteiger partial charge in [-0.2, -0.15) is 0 Å². The average Bonchev–Trinajstić information content (AvgIpc) is 3.41. The monoisotopic (exact) mass is 628 g/mol. The van der Waals surface area contributed by atoms with Crippen molar-refractivity contribution in [2.75, 3.05) is 20.3 Å². The molecule has 0 aromatic heterocycles. The molecule has 0 saturated carbocycles. The smallest absolute Gasteiger partial charge is 0.252 e. The molecule has 2 atom stereocenters. The number of aliphatic imine (C=N–C) groups is 1. The van der Waals surface area contributed by atoms with E-state index in [1.54, 1.807) is 7.11 Å². The van der Waals surface area contributed by atoms with Crippen molar-refractivity contribution in [3.63, 3.8) is 0 Å². The van der Waals surface area contributed by atoms with Crippen LogP contribution in [0.3, 0.4) is 0 Å². The van der Waals surface area contributed by atoms with Crippen LogP contribution in [0, 0.1) is 0 Å². The number of benzene rings is 4. The fraction of sp³-hybridized carbons (Fsp3) is 0.235. The first-order valence-electron chi connectivity index (χ1n) is 13.8. The number of rotatable bonds is 12. The quantitative estimate of drug-likeness (QED) is 0.187. The van der Waals surface area contributed by atoms with E-state index in [1.165, 1.54) is 0 Å². The molecular formula is C34H33BrN2O5. The Kier molecular flexibility index (Phi) is 9.56. The van der Waals surface area contributed by atoms with Gasteiger partial charge in [0.2, 0.25) is 5.90 Å². The maximum atomic E-state index is 14.4. The van der Waals surface area contributed by atoms with Crippen LogP contribution in [0.1, 0.15) is 34.8 Å². The third-order valence-corrected chi connectivity index (χ3v) is 7.89. The molecule has 0 aliphatic carbocycles. The van der Waals surface area contributed by atoms with Crippen LogP contribution in [0.4, 0.5) is 0 Å². The Morgan fingerprint density at radius 3 is 2.43 bits per heavy atom. The van der Waals surface area contributed by atoms with Crippen molar-refractivity contribution in [2.24, 2.45) is 4.99 Å². The molecule has 4 aromatic rings. The van der Waals surface area contributed by atoms with Crippen LogP contribution >= 0.6 is 15.9 Å². The topological polar surface area (TPSA) is 89.4 Å². The van der Waals surface area contributed by atoms with E-state index >= 15 is 0 Å². The summed E-state index contributed by atoms with van der Waals surface area (Å²) >= 11 is 3.69. The van der Waals surface area contributed by atoms with Gasteiger partial charge in [-0.05, 0) is 42.0 Å². The number of halogens is 1. The molecule has 0 bridgehead atoms. The molecule has 42 heavy (non-hydrogen) atoms. The summed E-state index contributed by atoms with van der Waals surface area (Å²) < 4.78 is 18.7. The highest BCUT2D eigenvalue weighted by Gasteiger charge is 2.53. The number of para-hydroxylation sites is 1. The first kappa shape index (κ1) is 29.4. The van der Waals surface area contributed by atoms with Crippen molar-refractivity contribution < 1.29 is 24.1 Å². The minimum Gasteiger partial charge on any atom is -0.496 e. The number of carbonyl (C=O) groups is 1. The van der Waals surface area contributed by atoms with Crippen LogP contribution in [0.15, 0.2) is 113 Å². The van der Waals surface area contributed by atoms with Crippen LogP contribution in [-0.4, -0.2) is 42.8 Å². The van der Waals surface area contributed by atoms with Crippen molar-refractivity contribution >= 4 is 27.7 Å². The zero-order valence-electron chi connectivity index (χ0n) is 23.3. The summed E-state index contributed by atoms with van der Waals surface area (Å²) in [7, 11) is 1.62. The molecule has 5 rings (SSSR count). The van der Waals surface area contributed by atoms with E-state index in [2.05, 4.69) is 21.2 Å². The van der Waals surface area contributed by atoms with Crippen molar-refractivity contribution in [2.45, 2.75) is 31.0 Å². The van der Waals surface area contributed by atoms with Gasteiger partial charge in [0.05, 0.1) is 13.7 Å². The molecule has 7 nitrogen and oxygen atoms in total. The Labute approximate surface area is 254 Å². The second-order valence-corrected chi connectivity index (χ2v) is 10.8. The lowest BCUT2D eigenvalue weighted by atomic mass is 9.82. The summed E-state index contributed by atoms with van der Waals surface area (Å²) in [6.07, 6.45) is 0.169. The Balaban J connectivity index is 1.55. The number of hydrogen-bond donors (Lipinski definition) is 2. The lowest BCUT2D eigenvalue weighted by Gasteiger charge is -2.31. The van der Waals surface area contributed by atoms with Crippen LogP contribution < -0.4 is 14.8 Å². The van der Waals surface area contributed by atoms with Crippen molar-refractivity contribution in [1.82, 2.24) is 5.32 Å². The Bertz CT molecular complexity index is 1530. The molecule has 1 heterocycles. The highest BCUT2D eigenvalue weighted by atomic mass is 79.9. The number of carbonyl (C=O) groups excluding carboxylic acids is 1. The minimum atomic E-state index is -1.31. The van der Waals surface area contributed by atoms with Crippen LogP contribution in [0.2, 0.25) is 0 Å². The first-order valence-corrected chi connectivity index (χ1v) is 14.6. The minimum absolute atomic E-state index is 0.0712. The van der Waals surface area contributed by atoms with E-state index in [-0.39, 0.29) is 19.1 Å².